The molecular formula is C16H15NO2. The number of esters is 1. The predicted molar refractivity (Wildman–Crippen MR) is 75.7 cm³/mol. The summed E-state index contributed by atoms with van der Waals surface area (Å²) in [6.45, 7) is 1.95. The maximum absolute atomic E-state index is 11.4. The minimum atomic E-state index is -0.330. The van der Waals surface area contributed by atoms with E-state index in [1.807, 2.05) is 49.4 Å². The monoisotopic (exact) mass is 253 g/mol. The van der Waals surface area contributed by atoms with Gasteiger partial charge in [-0.3, -0.25) is 4.98 Å². The summed E-state index contributed by atoms with van der Waals surface area (Å²) < 4.78 is 4.69. The van der Waals surface area contributed by atoms with E-state index < -0.39 is 0 Å². The molecule has 1 aromatic heterocycles. The minimum absolute atomic E-state index is 0.330. The second-order valence-corrected chi connectivity index (χ2v) is 4.15. The van der Waals surface area contributed by atoms with Crippen LogP contribution in [0.1, 0.15) is 27.3 Å². The van der Waals surface area contributed by atoms with Gasteiger partial charge in [0.15, 0.2) is 0 Å². The highest BCUT2D eigenvalue weighted by atomic mass is 16.5. The average Bonchev–Trinajstić information content (AvgIpc) is 2.45. The first kappa shape index (κ1) is 13.0. The fourth-order valence-electron chi connectivity index (χ4n) is 1.73. The lowest BCUT2D eigenvalue weighted by atomic mass is 10.1. The molecule has 0 saturated carbocycles. The van der Waals surface area contributed by atoms with Gasteiger partial charge >= 0.3 is 5.97 Å². The van der Waals surface area contributed by atoms with Gasteiger partial charge in [0.1, 0.15) is 0 Å². The van der Waals surface area contributed by atoms with Gasteiger partial charge in [0.25, 0.3) is 0 Å². The van der Waals surface area contributed by atoms with Gasteiger partial charge in [-0.05, 0) is 42.8 Å². The first-order valence-electron chi connectivity index (χ1n) is 5.99. The van der Waals surface area contributed by atoms with E-state index in [1.165, 1.54) is 7.11 Å². The van der Waals surface area contributed by atoms with Crippen LogP contribution in [0, 0.1) is 6.92 Å². The molecule has 3 nitrogen and oxygen atoms in total. The van der Waals surface area contributed by atoms with E-state index >= 15 is 0 Å². The molecule has 0 unspecified atom stereocenters. The molecule has 0 aliphatic heterocycles. The van der Waals surface area contributed by atoms with Crippen LogP contribution in [-0.4, -0.2) is 18.1 Å². The second kappa shape index (κ2) is 5.96. The summed E-state index contributed by atoms with van der Waals surface area (Å²) in [4.78, 5) is 15.8. The molecule has 0 amide bonds. The van der Waals surface area contributed by atoms with Crippen LogP contribution in [0.3, 0.4) is 0 Å². The maximum atomic E-state index is 11.4. The Hall–Kier alpha value is -2.42. The van der Waals surface area contributed by atoms with Gasteiger partial charge in [-0.1, -0.05) is 24.3 Å². The maximum Gasteiger partial charge on any atom is 0.337 e. The van der Waals surface area contributed by atoms with E-state index in [1.54, 1.807) is 12.1 Å². The molecule has 1 aromatic carbocycles. The van der Waals surface area contributed by atoms with Crippen molar-refractivity contribution in [2.75, 3.05) is 7.11 Å². The van der Waals surface area contributed by atoms with Crippen molar-refractivity contribution in [2.45, 2.75) is 6.92 Å². The summed E-state index contributed by atoms with van der Waals surface area (Å²) in [6.07, 6.45) is 3.84. The van der Waals surface area contributed by atoms with Crippen LogP contribution in [-0.2, 0) is 4.74 Å². The van der Waals surface area contributed by atoms with Crippen molar-refractivity contribution >= 4 is 18.1 Å². The molecular weight excluding hydrogens is 238 g/mol. The minimum Gasteiger partial charge on any atom is -0.465 e. The van der Waals surface area contributed by atoms with Crippen LogP contribution in [0.15, 0.2) is 42.5 Å². The molecule has 0 fully saturated rings. The third-order valence-corrected chi connectivity index (χ3v) is 2.66. The molecule has 96 valence electrons. The molecule has 0 aliphatic rings. The van der Waals surface area contributed by atoms with E-state index in [0.717, 1.165) is 17.0 Å². The van der Waals surface area contributed by atoms with Gasteiger partial charge in [0, 0.05) is 5.69 Å². The number of carbonyl (C=O) groups excluding carboxylic acids is 1. The highest BCUT2D eigenvalue weighted by Crippen LogP contribution is 2.10. The number of hydrogen-bond donors (Lipinski definition) is 0. The summed E-state index contributed by atoms with van der Waals surface area (Å²) in [5.74, 6) is -0.330. The zero-order chi connectivity index (χ0) is 13.7. The Bertz CT molecular complexity index is 618. The molecule has 1 heterocycles. The van der Waals surface area contributed by atoms with E-state index in [9.17, 15) is 4.79 Å². The summed E-state index contributed by atoms with van der Waals surface area (Å²) in [7, 11) is 1.38. The quantitative estimate of drug-likeness (QED) is 0.787. The first-order chi connectivity index (χ1) is 9.19. The number of nitrogens with zero attached hydrogens (tertiary/aromatic N) is 1. The van der Waals surface area contributed by atoms with Crippen LogP contribution >= 0.6 is 0 Å². The Morgan fingerprint density at radius 2 is 1.95 bits per heavy atom. The number of aryl methyl sites for hydroxylation is 1. The van der Waals surface area contributed by atoms with Crippen LogP contribution in [0.5, 0.6) is 0 Å². The standard InChI is InChI=1S/C16H15NO2/c1-12-5-3-8-15(17-12)10-9-13-6-4-7-14(11-13)16(18)19-2/h3-11H,1-2H3. The summed E-state index contributed by atoms with van der Waals surface area (Å²) in [6, 6.07) is 13.1. The molecule has 2 rings (SSSR count). The summed E-state index contributed by atoms with van der Waals surface area (Å²) in [5.41, 5.74) is 3.35. The van der Waals surface area contributed by atoms with Gasteiger partial charge in [0.2, 0.25) is 0 Å². The number of methoxy groups -OCH3 is 1. The zero-order valence-corrected chi connectivity index (χ0v) is 11.0. The first-order valence-corrected chi connectivity index (χ1v) is 5.99. The molecule has 0 spiro atoms. The molecule has 19 heavy (non-hydrogen) atoms. The summed E-state index contributed by atoms with van der Waals surface area (Å²) in [5, 5.41) is 0. The van der Waals surface area contributed by atoms with E-state index in [0.29, 0.717) is 5.56 Å². The van der Waals surface area contributed by atoms with Crippen LogP contribution in [0.2, 0.25) is 0 Å². The van der Waals surface area contributed by atoms with Crippen LogP contribution < -0.4 is 0 Å². The van der Waals surface area contributed by atoms with E-state index in [4.69, 9.17) is 4.74 Å². The zero-order valence-electron chi connectivity index (χ0n) is 11.0. The number of rotatable bonds is 3. The third kappa shape index (κ3) is 3.52. The molecule has 0 radical (unpaired) electrons. The Labute approximate surface area is 112 Å². The second-order valence-electron chi connectivity index (χ2n) is 4.15. The number of carbonyl (C=O) groups is 1. The van der Waals surface area contributed by atoms with Crippen molar-refractivity contribution in [3.05, 3.63) is 65.0 Å². The highest BCUT2D eigenvalue weighted by molar-refractivity contribution is 5.90. The van der Waals surface area contributed by atoms with Crippen molar-refractivity contribution in [3.8, 4) is 0 Å². The topological polar surface area (TPSA) is 39.2 Å². The predicted octanol–water partition coefficient (Wildman–Crippen LogP) is 3.35. The van der Waals surface area contributed by atoms with Gasteiger partial charge in [-0.25, -0.2) is 4.79 Å². The van der Waals surface area contributed by atoms with Crippen molar-refractivity contribution in [1.29, 1.82) is 0 Å². The Morgan fingerprint density at radius 3 is 2.68 bits per heavy atom. The molecule has 2 aromatic rings. The number of benzene rings is 1. The normalized spacial score (nSPS) is 10.6. The fraction of sp³-hybridized carbons (Fsp3) is 0.125. The van der Waals surface area contributed by atoms with Crippen LogP contribution in [0.4, 0.5) is 0 Å². The molecule has 0 bridgehead atoms. The van der Waals surface area contributed by atoms with Crippen LogP contribution in [0.25, 0.3) is 12.2 Å². The van der Waals surface area contributed by atoms with Crippen molar-refractivity contribution in [1.82, 2.24) is 4.98 Å². The Balaban J connectivity index is 2.21. The van der Waals surface area contributed by atoms with E-state index in [2.05, 4.69) is 4.98 Å². The van der Waals surface area contributed by atoms with Crippen molar-refractivity contribution < 1.29 is 9.53 Å². The molecule has 0 aliphatic carbocycles. The lowest BCUT2D eigenvalue weighted by molar-refractivity contribution is 0.0600. The van der Waals surface area contributed by atoms with Crippen molar-refractivity contribution in [2.24, 2.45) is 0 Å². The number of aromatic nitrogens is 1. The molecule has 3 heteroatoms. The number of pyridine rings is 1. The largest absolute Gasteiger partial charge is 0.465 e. The lowest BCUT2D eigenvalue weighted by Crippen LogP contribution is -2.00. The number of ether oxygens (including phenoxy) is 1. The average molecular weight is 253 g/mol. The highest BCUT2D eigenvalue weighted by Gasteiger charge is 2.03. The number of hydrogen-bond acceptors (Lipinski definition) is 3. The molecule has 0 N–H and O–H groups in total. The molecule has 0 saturated heterocycles. The van der Waals surface area contributed by atoms with Crippen molar-refractivity contribution in [3.63, 3.8) is 0 Å². The van der Waals surface area contributed by atoms with Gasteiger partial charge in [-0.15, -0.1) is 0 Å². The van der Waals surface area contributed by atoms with Gasteiger partial charge < -0.3 is 4.74 Å². The Morgan fingerprint density at radius 1 is 1.16 bits per heavy atom. The van der Waals surface area contributed by atoms with Gasteiger partial charge in [-0.2, -0.15) is 0 Å². The third-order valence-electron chi connectivity index (χ3n) is 2.66. The molecule has 0 atom stereocenters. The Kier molecular flexibility index (Phi) is 4.08. The van der Waals surface area contributed by atoms with Gasteiger partial charge in [0.05, 0.1) is 18.4 Å². The summed E-state index contributed by atoms with van der Waals surface area (Å²) >= 11 is 0. The smallest absolute Gasteiger partial charge is 0.337 e. The fourth-order valence-corrected chi connectivity index (χ4v) is 1.73. The SMILES string of the molecule is COC(=O)c1cccc(C=Cc2cccc(C)n2)c1. The van der Waals surface area contributed by atoms with E-state index in [-0.39, 0.29) is 5.97 Å². The lowest BCUT2D eigenvalue weighted by Gasteiger charge is -2.00.